The minimum absolute atomic E-state index is 0.0595. The topological polar surface area (TPSA) is 71.5 Å². The van der Waals surface area contributed by atoms with Crippen molar-refractivity contribution in [3.63, 3.8) is 0 Å². The molecule has 42 heavy (non-hydrogen) atoms. The lowest BCUT2D eigenvalue weighted by atomic mass is 9.94. The van der Waals surface area contributed by atoms with Gasteiger partial charge in [-0.1, -0.05) is 98.8 Å². The molecule has 0 aliphatic heterocycles. The van der Waals surface area contributed by atoms with Crippen molar-refractivity contribution in [2.45, 2.75) is 72.1 Å². The number of nitrogens with one attached hydrogen (secondary N) is 1. The van der Waals surface area contributed by atoms with Crippen molar-refractivity contribution in [3.05, 3.63) is 114 Å². The zero-order valence-corrected chi connectivity index (χ0v) is 25.8. The first-order valence-electron chi connectivity index (χ1n) is 14.8. The lowest BCUT2D eigenvalue weighted by Crippen LogP contribution is -2.46. The first-order valence-corrected chi connectivity index (χ1v) is 14.8. The van der Waals surface area contributed by atoms with Crippen LogP contribution in [0.25, 0.3) is 10.8 Å². The van der Waals surface area contributed by atoms with Crippen LogP contribution in [0.1, 0.15) is 81.9 Å². The summed E-state index contributed by atoms with van der Waals surface area (Å²) in [5.41, 5.74) is 2.73. The molecule has 1 aromatic heterocycles. The molecule has 1 unspecified atom stereocenters. The van der Waals surface area contributed by atoms with E-state index in [2.05, 4.69) is 89.7 Å². The van der Waals surface area contributed by atoms with Gasteiger partial charge in [0, 0.05) is 35.9 Å². The molecule has 0 aliphatic carbocycles. The Morgan fingerprint density at radius 2 is 1.43 bits per heavy atom. The Kier molecular flexibility index (Phi) is 12.2. The third kappa shape index (κ3) is 9.52. The molecule has 4 rings (SSSR count). The summed E-state index contributed by atoms with van der Waals surface area (Å²) in [6.07, 6.45) is 5.00. The molecular formula is C36H45N3O3. The maximum atomic E-state index is 12.2. The van der Waals surface area contributed by atoms with E-state index < -0.39 is 5.60 Å². The number of hydrogen-bond acceptors (Lipinski definition) is 5. The lowest BCUT2D eigenvalue weighted by Gasteiger charge is -2.38. The zero-order chi connectivity index (χ0) is 30.5. The summed E-state index contributed by atoms with van der Waals surface area (Å²) < 4.78 is 5.43. The van der Waals surface area contributed by atoms with Crippen LogP contribution in [0.15, 0.2) is 97.3 Å². The number of hydrogen-bond donors (Lipinski definition) is 1. The number of fused-ring (bicyclic) bond motifs is 1. The monoisotopic (exact) mass is 567 g/mol. The Bertz CT molecular complexity index is 1360. The van der Waals surface area contributed by atoms with Gasteiger partial charge in [-0.05, 0) is 63.6 Å². The average Bonchev–Trinajstić information content (AvgIpc) is 2.98. The van der Waals surface area contributed by atoms with Gasteiger partial charge in [-0.2, -0.15) is 0 Å². The van der Waals surface area contributed by atoms with Crippen molar-refractivity contribution in [3.8, 4) is 0 Å². The summed E-state index contributed by atoms with van der Waals surface area (Å²) in [7, 11) is 0. The van der Waals surface area contributed by atoms with Crippen molar-refractivity contribution < 1.29 is 14.3 Å². The van der Waals surface area contributed by atoms with E-state index in [0.29, 0.717) is 12.1 Å². The Balaban J connectivity index is 0.000000307. The number of amides is 1. The Hall–Kier alpha value is -4.03. The number of nitrogens with zero attached hydrogens (tertiary/aromatic N) is 2. The van der Waals surface area contributed by atoms with Crippen molar-refractivity contribution in [2.75, 3.05) is 13.1 Å². The number of ketones is 1. The lowest BCUT2D eigenvalue weighted by molar-refractivity contribution is 0.0497. The molecule has 1 atom stereocenters. The van der Waals surface area contributed by atoms with E-state index in [4.69, 9.17) is 4.74 Å². The van der Waals surface area contributed by atoms with Gasteiger partial charge in [0.25, 0.3) is 0 Å². The number of benzene rings is 3. The maximum absolute atomic E-state index is 12.2. The first-order chi connectivity index (χ1) is 20.1. The number of carbonyl (C=O) groups is 2. The van der Waals surface area contributed by atoms with Gasteiger partial charge in [-0.3, -0.25) is 14.7 Å². The quantitative estimate of drug-likeness (QED) is 0.195. The van der Waals surface area contributed by atoms with Gasteiger partial charge in [-0.15, -0.1) is 0 Å². The van der Waals surface area contributed by atoms with E-state index in [1.165, 1.54) is 11.1 Å². The van der Waals surface area contributed by atoms with Gasteiger partial charge < -0.3 is 10.1 Å². The normalized spacial score (nSPS) is 12.0. The van der Waals surface area contributed by atoms with Crippen LogP contribution in [-0.4, -0.2) is 46.5 Å². The summed E-state index contributed by atoms with van der Waals surface area (Å²) in [5, 5.41) is 4.97. The predicted octanol–water partition coefficient (Wildman–Crippen LogP) is 8.23. The van der Waals surface area contributed by atoms with E-state index in [9.17, 15) is 9.59 Å². The fourth-order valence-corrected chi connectivity index (χ4v) is 5.04. The molecular weight excluding hydrogens is 522 g/mol. The van der Waals surface area contributed by atoms with Gasteiger partial charge in [0.1, 0.15) is 5.60 Å². The van der Waals surface area contributed by atoms with Gasteiger partial charge in [0.15, 0.2) is 5.78 Å². The molecule has 0 aliphatic rings. The van der Waals surface area contributed by atoms with E-state index >= 15 is 0 Å². The molecule has 1 heterocycles. The molecule has 6 nitrogen and oxygen atoms in total. The summed E-state index contributed by atoms with van der Waals surface area (Å²) in [6.45, 7) is 13.1. The minimum atomic E-state index is -0.495. The number of carbonyl (C=O) groups excluding carboxylic acids is 2. The maximum Gasteiger partial charge on any atom is 0.407 e. The molecule has 0 bridgehead atoms. The highest BCUT2D eigenvalue weighted by Gasteiger charge is 2.28. The number of rotatable bonds is 10. The summed E-state index contributed by atoms with van der Waals surface area (Å²) in [5.74, 6) is 0.0595. The molecule has 1 N–H and O–H groups in total. The van der Waals surface area contributed by atoms with Crippen LogP contribution in [0.2, 0.25) is 0 Å². The van der Waals surface area contributed by atoms with Crippen LogP contribution >= 0.6 is 0 Å². The fraction of sp³-hybridized carbons (Fsp3) is 0.361. The van der Waals surface area contributed by atoms with Gasteiger partial charge >= 0.3 is 6.09 Å². The largest absolute Gasteiger partial charge is 0.444 e. The first kappa shape index (κ1) is 32.5. The highest BCUT2D eigenvalue weighted by atomic mass is 16.6. The number of Topliss-reactive ketones (excluding diaryl/α,β-unsaturated/α-hetero) is 1. The Morgan fingerprint density at radius 3 is 1.95 bits per heavy atom. The van der Waals surface area contributed by atoms with Crippen molar-refractivity contribution in [1.29, 1.82) is 0 Å². The Labute approximate surface area is 251 Å². The molecule has 6 heteroatoms. The smallest absolute Gasteiger partial charge is 0.407 e. The summed E-state index contributed by atoms with van der Waals surface area (Å²) >= 11 is 0. The van der Waals surface area contributed by atoms with E-state index in [1.807, 2.05) is 45.0 Å². The van der Waals surface area contributed by atoms with Gasteiger partial charge in [0.05, 0.1) is 6.04 Å². The molecule has 0 fully saturated rings. The molecule has 0 saturated heterocycles. The third-order valence-corrected chi connectivity index (χ3v) is 6.91. The van der Waals surface area contributed by atoms with Crippen LogP contribution in [0.3, 0.4) is 0 Å². The average molecular weight is 568 g/mol. The molecule has 0 saturated carbocycles. The highest BCUT2D eigenvalue weighted by molar-refractivity contribution is 6.06. The summed E-state index contributed by atoms with van der Waals surface area (Å²) in [4.78, 5) is 30.0. The highest BCUT2D eigenvalue weighted by Crippen LogP contribution is 2.31. The zero-order valence-electron chi connectivity index (χ0n) is 25.8. The van der Waals surface area contributed by atoms with E-state index in [-0.39, 0.29) is 24.0 Å². The fourth-order valence-electron chi connectivity index (χ4n) is 5.04. The molecule has 1 amide bonds. The SMILES string of the molecule is CC(=O)c1cncc2ccccc12.CCCN(C(CC)CNC(=O)OC(C)(C)C)C(c1ccccc1)c1ccccc1. The summed E-state index contributed by atoms with van der Waals surface area (Å²) in [6, 6.07) is 29.3. The second kappa shape index (κ2) is 15.8. The number of ether oxygens (including phenoxy) is 1. The number of aromatic nitrogens is 1. The van der Waals surface area contributed by atoms with Gasteiger partial charge in [-0.25, -0.2) is 4.79 Å². The predicted molar refractivity (Wildman–Crippen MR) is 172 cm³/mol. The van der Waals surface area contributed by atoms with Gasteiger partial charge in [0.2, 0.25) is 0 Å². The third-order valence-electron chi connectivity index (χ3n) is 6.91. The van der Waals surface area contributed by atoms with Crippen LogP contribution in [0, 0.1) is 0 Å². The second-order valence-corrected chi connectivity index (χ2v) is 11.4. The van der Waals surface area contributed by atoms with Crippen LogP contribution in [0.5, 0.6) is 0 Å². The standard InChI is InChI=1S/C25H36N2O2.C11H9NO/c1-6-18-27(22(7-2)19-26-24(28)29-25(3,4)5)23(20-14-10-8-11-15-20)21-16-12-9-13-17-21;1-8(13)11-7-12-6-9-4-2-3-5-10(9)11/h8-17,22-23H,6-7,18-19H2,1-5H3,(H,26,28);2-7H,1H3. The van der Waals surface area contributed by atoms with Crippen molar-refractivity contribution in [1.82, 2.24) is 15.2 Å². The van der Waals surface area contributed by atoms with Crippen molar-refractivity contribution in [2.24, 2.45) is 0 Å². The number of alkyl carbamates (subject to hydrolysis) is 1. The molecule has 4 aromatic rings. The van der Waals surface area contributed by atoms with Crippen molar-refractivity contribution >= 4 is 22.6 Å². The van der Waals surface area contributed by atoms with Crippen LogP contribution in [0.4, 0.5) is 4.79 Å². The second-order valence-electron chi connectivity index (χ2n) is 11.4. The molecule has 222 valence electrons. The van der Waals surface area contributed by atoms with Crippen LogP contribution < -0.4 is 5.32 Å². The molecule has 0 spiro atoms. The van der Waals surface area contributed by atoms with E-state index in [1.54, 1.807) is 19.3 Å². The minimum Gasteiger partial charge on any atom is -0.444 e. The van der Waals surface area contributed by atoms with Crippen LogP contribution in [-0.2, 0) is 4.74 Å². The molecule has 3 aromatic carbocycles. The molecule has 0 radical (unpaired) electrons. The Morgan fingerprint density at radius 1 is 0.857 bits per heavy atom. The number of pyridine rings is 1. The van der Waals surface area contributed by atoms with E-state index in [0.717, 1.165) is 30.2 Å².